The molecule has 0 amide bonds. The Morgan fingerprint density at radius 3 is 2.62 bits per heavy atom. The molecule has 16 heavy (non-hydrogen) atoms. The highest BCUT2D eigenvalue weighted by Gasteiger charge is 2.05. The van der Waals surface area contributed by atoms with Gasteiger partial charge in [0, 0.05) is 11.7 Å². The lowest BCUT2D eigenvalue weighted by molar-refractivity contribution is 0.891. The average molecular weight is 233 g/mol. The van der Waals surface area contributed by atoms with E-state index in [-0.39, 0.29) is 6.04 Å². The summed E-state index contributed by atoms with van der Waals surface area (Å²) in [6.45, 7) is 2.12. The van der Waals surface area contributed by atoms with Crippen LogP contribution in [0, 0.1) is 0 Å². The van der Waals surface area contributed by atoms with Gasteiger partial charge >= 0.3 is 0 Å². The van der Waals surface area contributed by atoms with E-state index in [0.29, 0.717) is 11.4 Å². The molecule has 2 rings (SSSR count). The van der Waals surface area contributed by atoms with Gasteiger partial charge in [0.1, 0.15) is 0 Å². The number of hydrogen-bond acceptors (Lipinski definition) is 4. The van der Waals surface area contributed by atoms with Crippen LogP contribution >= 0.6 is 11.3 Å². The number of thiophene rings is 1. The zero-order valence-electron chi connectivity index (χ0n) is 9.10. The van der Waals surface area contributed by atoms with E-state index < -0.39 is 0 Å². The predicted molar refractivity (Wildman–Crippen MR) is 71.6 cm³/mol. The molecule has 1 heterocycles. The first-order valence-corrected chi connectivity index (χ1v) is 6.04. The lowest BCUT2D eigenvalue weighted by Crippen LogP contribution is -2.06. The Balaban J connectivity index is 2.12. The minimum atomic E-state index is 0.272. The third-order valence-corrected chi connectivity index (χ3v) is 3.21. The molecule has 5 N–H and O–H groups in total. The van der Waals surface area contributed by atoms with Gasteiger partial charge in [-0.1, -0.05) is 0 Å². The normalized spacial score (nSPS) is 12.3. The highest BCUT2D eigenvalue weighted by Crippen LogP contribution is 2.24. The van der Waals surface area contributed by atoms with Crippen LogP contribution in [0.25, 0.3) is 0 Å². The van der Waals surface area contributed by atoms with Crippen LogP contribution in [0.5, 0.6) is 0 Å². The smallest absolute Gasteiger partial charge is 0.0568 e. The lowest BCUT2D eigenvalue weighted by Gasteiger charge is -2.14. The summed E-state index contributed by atoms with van der Waals surface area (Å²) < 4.78 is 0. The standard InChI is InChI=1S/C12H15N3S/c1-8(9-4-5-16-7-9)15-10-2-3-11(13)12(14)6-10/h2-8,15H,13-14H2,1H3. The van der Waals surface area contributed by atoms with Crippen molar-refractivity contribution in [2.45, 2.75) is 13.0 Å². The second-order valence-corrected chi connectivity index (χ2v) is 4.55. The fourth-order valence-corrected chi connectivity index (χ4v) is 2.27. The van der Waals surface area contributed by atoms with E-state index in [9.17, 15) is 0 Å². The zero-order chi connectivity index (χ0) is 11.5. The molecule has 0 radical (unpaired) electrons. The maximum Gasteiger partial charge on any atom is 0.0568 e. The van der Waals surface area contributed by atoms with Crippen molar-refractivity contribution in [3.63, 3.8) is 0 Å². The van der Waals surface area contributed by atoms with Crippen LogP contribution in [0.3, 0.4) is 0 Å². The number of rotatable bonds is 3. The summed E-state index contributed by atoms with van der Waals surface area (Å²) in [5.41, 5.74) is 14.9. The molecular weight excluding hydrogens is 218 g/mol. The van der Waals surface area contributed by atoms with Gasteiger partial charge in [0.25, 0.3) is 0 Å². The summed E-state index contributed by atoms with van der Waals surface area (Å²) in [4.78, 5) is 0. The molecule has 0 spiro atoms. The molecule has 1 aromatic carbocycles. The van der Waals surface area contributed by atoms with Gasteiger partial charge < -0.3 is 16.8 Å². The quantitative estimate of drug-likeness (QED) is 0.714. The van der Waals surface area contributed by atoms with Crippen LogP contribution < -0.4 is 16.8 Å². The molecule has 0 fully saturated rings. The summed E-state index contributed by atoms with van der Waals surface area (Å²) in [7, 11) is 0. The van der Waals surface area contributed by atoms with Gasteiger partial charge in [-0.2, -0.15) is 11.3 Å². The molecule has 0 bridgehead atoms. The van der Waals surface area contributed by atoms with Crippen LogP contribution in [0.15, 0.2) is 35.0 Å². The van der Waals surface area contributed by atoms with Gasteiger partial charge in [-0.15, -0.1) is 0 Å². The number of benzene rings is 1. The van der Waals surface area contributed by atoms with E-state index >= 15 is 0 Å². The third-order valence-electron chi connectivity index (χ3n) is 2.51. The molecule has 0 aliphatic heterocycles. The Morgan fingerprint density at radius 2 is 2.00 bits per heavy atom. The van der Waals surface area contributed by atoms with Crippen molar-refractivity contribution in [3.05, 3.63) is 40.6 Å². The van der Waals surface area contributed by atoms with Crippen LogP contribution in [0.1, 0.15) is 18.5 Å². The largest absolute Gasteiger partial charge is 0.397 e. The molecule has 1 aromatic heterocycles. The van der Waals surface area contributed by atoms with Crippen LogP contribution in [-0.4, -0.2) is 0 Å². The van der Waals surface area contributed by atoms with Crippen LogP contribution in [0.2, 0.25) is 0 Å². The monoisotopic (exact) mass is 233 g/mol. The molecule has 0 aliphatic carbocycles. The summed E-state index contributed by atoms with van der Waals surface area (Å²) in [5, 5.41) is 7.59. The molecule has 0 saturated carbocycles. The summed E-state index contributed by atoms with van der Waals surface area (Å²) in [6.07, 6.45) is 0. The highest BCUT2D eigenvalue weighted by molar-refractivity contribution is 7.07. The molecule has 0 saturated heterocycles. The molecule has 4 heteroatoms. The van der Waals surface area contributed by atoms with E-state index in [2.05, 4.69) is 29.1 Å². The van der Waals surface area contributed by atoms with Crippen molar-refractivity contribution < 1.29 is 0 Å². The first kappa shape index (κ1) is 10.8. The SMILES string of the molecule is CC(Nc1ccc(N)c(N)c1)c1ccsc1. The minimum Gasteiger partial charge on any atom is -0.397 e. The molecule has 3 nitrogen and oxygen atoms in total. The van der Waals surface area contributed by atoms with Gasteiger partial charge in [0.2, 0.25) is 0 Å². The summed E-state index contributed by atoms with van der Waals surface area (Å²) >= 11 is 1.70. The number of anilines is 3. The van der Waals surface area contributed by atoms with Crippen molar-refractivity contribution in [1.82, 2.24) is 0 Å². The zero-order valence-corrected chi connectivity index (χ0v) is 9.92. The second kappa shape index (κ2) is 4.45. The maximum absolute atomic E-state index is 5.75. The fraction of sp³-hybridized carbons (Fsp3) is 0.167. The molecule has 84 valence electrons. The average Bonchev–Trinajstić information content (AvgIpc) is 2.77. The van der Waals surface area contributed by atoms with Crippen LogP contribution in [0.4, 0.5) is 17.1 Å². The van der Waals surface area contributed by atoms with E-state index in [1.54, 1.807) is 11.3 Å². The third kappa shape index (κ3) is 2.28. The van der Waals surface area contributed by atoms with Crippen molar-refractivity contribution in [2.75, 3.05) is 16.8 Å². The Labute approximate surface area is 99.1 Å². The first-order valence-electron chi connectivity index (χ1n) is 5.10. The molecular formula is C12H15N3S. The van der Waals surface area contributed by atoms with Crippen molar-refractivity contribution in [1.29, 1.82) is 0 Å². The van der Waals surface area contributed by atoms with Gasteiger partial charge in [0.05, 0.1) is 11.4 Å². The molecule has 0 aliphatic rings. The Morgan fingerprint density at radius 1 is 1.19 bits per heavy atom. The Bertz CT molecular complexity index is 465. The summed E-state index contributed by atoms with van der Waals surface area (Å²) in [6, 6.07) is 8.00. The second-order valence-electron chi connectivity index (χ2n) is 3.77. The van der Waals surface area contributed by atoms with Crippen LogP contribution in [-0.2, 0) is 0 Å². The van der Waals surface area contributed by atoms with Gasteiger partial charge in [-0.05, 0) is 47.5 Å². The van der Waals surface area contributed by atoms with Gasteiger partial charge in [0.15, 0.2) is 0 Å². The van der Waals surface area contributed by atoms with Crippen molar-refractivity contribution in [2.24, 2.45) is 0 Å². The Kier molecular flexibility index (Phi) is 3.01. The molecule has 1 atom stereocenters. The number of nitrogens with one attached hydrogen (secondary N) is 1. The first-order chi connectivity index (χ1) is 7.66. The number of hydrogen-bond donors (Lipinski definition) is 3. The topological polar surface area (TPSA) is 64.1 Å². The van der Waals surface area contributed by atoms with Crippen molar-refractivity contribution >= 4 is 28.4 Å². The minimum absolute atomic E-state index is 0.272. The van der Waals surface area contributed by atoms with E-state index in [1.807, 2.05) is 18.2 Å². The van der Waals surface area contributed by atoms with E-state index in [4.69, 9.17) is 11.5 Å². The Hall–Kier alpha value is -1.68. The highest BCUT2D eigenvalue weighted by atomic mass is 32.1. The molecule has 1 unspecified atom stereocenters. The van der Waals surface area contributed by atoms with E-state index in [0.717, 1.165) is 5.69 Å². The number of nitrogens with two attached hydrogens (primary N) is 2. The molecule has 2 aromatic rings. The fourth-order valence-electron chi connectivity index (χ4n) is 1.52. The summed E-state index contributed by atoms with van der Waals surface area (Å²) in [5.74, 6) is 0. The maximum atomic E-state index is 5.75. The van der Waals surface area contributed by atoms with Crippen molar-refractivity contribution in [3.8, 4) is 0 Å². The van der Waals surface area contributed by atoms with Gasteiger partial charge in [-0.25, -0.2) is 0 Å². The predicted octanol–water partition coefficient (Wildman–Crippen LogP) is 3.09. The number of nitrogen functional groups attached to an aromatic ring is 2. The van der Waals surface area contributed by atoms with E-state index in [1.165, 1.54) is 5.56 Å². The lowest BCUT2D eigenvalue weighted by atomic mass is 10.1. The van der Waals surface area contributed by atoms with Gasteiger partial charge in [-0.3, -0.25) is 0 Å².